The molecule has 0 aromatic carbocycles. The van der Waals surface area contributed by atoms with Crippen LogP contribution in [0, 0.1) is 0 Å². The molecule has 230 valence electrons. The number of rotatable bonds is 13. The molecule has 0 aliphatic carbocycles. The number of thioether (sulfide) groups is 3. The second-order valence-corrected chi connectivity index (χ2v) is 10.5. The summed E-state index contributed by atoms with van der Waals surface area (Å²) in [4.78, 5) is 56.1. The maximum atomic E-state index is 12.4. The van der Waals surface area contributed by atoms with Crippen molar-refractivity contribution in [2.45, 2.75) is 34.5 Å². The summed E-state index contributed by atoms with van der Waals surface area (Å²) in [5.41, 5.74) is 3.50. The summed E-state index contributed by atoms with van der Waals surface area (Å²) in [6, 6.07) is -2.45. The Kier molecular flexibility index (Phi) is 13.8. The van der Waals surface area contributed by atoms with Crippen molar-refractivity contribution in [1.82, 2.24) is 30.8 Å². The van der Waals surface area contributed by atoms with Crippen LogP contribution in [0.3, 0.4) is 0 Å². The third kappa shape index (κ3) is 10.7. The molecule has 1 aliphatic heterocycles. The highest BCUT2D eigenvalue weighted by molar-refractivity contribution is 8.03. The summed E-state index contributed by atoms with van der Waals surface area (Å²) in [6.45, 7) is 0. The maximum Gasteiger partial charge on any atom is 0.490 e. The first-order chi connectivity index (χ1) is 19.0. The van der Waals surface area contributed by atoms with Gasteiger partial charge in [-0.05, 0) is 21.4 Å². The van der Waals surface area contributed by atoms with Crippen LogP contribution >= 0.6 is 35.3 Å². The number of tetrazole rings is 1. The fourth-order valence-corrected chi connectivity index (χ4v) is 5.58. The minimum Gasteiger partial charge on any atom is -0.480 e. The molecule has 0 fully saturated rings. The van der Waals surface area contributed by atoms with Gasteiger partial charge in [-0.25, -0.2) is 14.3 Å². The first-order valence-corrected chi connectivity index (χ1v) is 13.7. The van der Waals surface area contributed by atoms with Crippen LogP contribution in [-0.4, -0.2) is 124 Å². The summed E-state index contributed by atoms with van der Waals surface area (Å²) >= 11 is 3.03. The molecule has 0 radical (unpaired) electrons. The fraction of sp³-hybridized carbons (Fsp3) is 0.556. The minimum atomic E-state index is -5.08. The van der Waals surface area contributed by atoms with Gasteiger partial charge in [-0.1, -0.05) is 11.8 Å². The molecular formula is C18H24F3N7O10S3. The lowest BCUT2D eigenvalue weighted by Gasteiger charge is -2.39. The number of ether oxygens (including phenoxy) is 1. The van der Waals surface area contributed by atoms with Crippen LogP contribution in [0.15, 0.2) is 16.1 Å². The quantitative estimate of drug-likeness (QED) is 0.0956. The average molecular weight is 652 g/mol. The molecule has 0 saturated heterocycles. The van der Waals surface area contributed by atoms with E-state index in [4.69, 9.17) is 25.5 Å². The number of hydrogen-bond donors (Lipinski definition) is 7. The van der Waals surface area contributed by atoms with E-state index in [9.17, 15) is 42.6 Å². The SMILES string of the molecule is COC(NC(=O)CSC[C@@H](N)C(=O)O)(C(=O)O)C1NC(C(=O)O)C(CSc2nnnn2C)=CS1.O=C(O)C(F)(F)F. The lowest BCUT2D eigenvalue weighted by molar-refractivity contribution is -0.192. The standard InChI is InChI=1S/C16H23N7O8S3.C2HF3O2/c1-23-15(20-21-22-23)34-4-7-3-33-13(18-10(7)12(27)28)16(31-2,14(29)30)19-9(24)6-32-5-8(17)11(25)26;3-2(4,5)1(6)7/h3,8,10,13,18H,4-6,17H2,1-2H3,(H,19,24)(H,25,26)(H,27,28)(H,29,30);(H,6,7)/t8-,10?,13?,16?;/m1./s1. The number of nitrogens with two attached hydrogens (primary N) is 1. The normalized spacial score (nSPS) is 19.0. The van der Waals surface area contributed by atoms with Gasteiger partial charge >= 0.3 is 30.1 Å². The van der Waals surface area contributed by atoms with Gasteiger partial charge in [0.1, 0.15) is 17.5 Å². The number of hydrogen-bond acceptors (Lipinski definition) is 14. The minimum absolute atomic E-state index is 0.0713. The number of carbonyl (C=O) groups is 5. The summed E-state index contributed by atoms with van der Waals surface area (Å²) in [5, 5.41) is 52.2. The first kappa shape index (κ1) is 35.9. The van der Waals surface area contributed by atoms with Gasteiger partial charge in [0.25, 0.3) is 5.72 Å². The number of carboxylic acids is 4. The number of aliphatic carboxylic acids is 4. The second kappa shape index (κ2) is 15.8. The number of halogens is 3. The van der Waals surface area contributed by atoms with Crippen LogP contribution in [0.5, 0.6) is 0 Å². The fourth-order valence-electron chi connectivity index (χ4n) is 2.64. The molecule has 17 nitrogen and oxygen atoms in total. The molecule has 2 rings (SSSR count). The number of nitrogens with one attached hydrogen (secondary N) is 2. The average Bonchev–Trinajstić information content (AvgIpc) is 3.29. The van der Waals surface area contributed by atoms with Crippen LogP contribution in [0.4, 0.5) is 13.2 Å². The third-order valence-electron chi connectivity index (χ3n) is 4.66. The number of aromatic nitrogens is 4. The molecule has 3 unspecified atom stereocenters. The van der Waals surface area contributed by atoms with E-state index in [1.54, 1.807) is 7.05 Å². The highest BCUT2D eigenvalue weighted by Gasteiger charge is 2.51. The predicted octanol–water partition coefficient (Wildman–Crippen LogP) is -1.38. The van der Waals surface area contributed by atoms with Crippen LogP contribution in [-0.2, 0) is 35.8 Å². The zero-order valence-electron chi connectivity index (χ0n) is 20.9. The van der Waals surface area contributed by atoms with Crippen molar-refractivity contribution in [2.75, 3.05) is 24.4 Å². The van der Waals surface area contributed by atoms with E-state index in [1.807, 2.05) is 0 Å². The van der Waals surface area contributed by atoms with Crippen molar-refractivity contribution in [3.63, 3.8) is 0 Å². The Bertz CT molecular complexity index is 1160. The van der Waals surface area contributed by atoms with E-state index >= 15 is 0 Å². The van der Waals surface area contributed by atoms with Gasteiger partial charge in [0.15, 0.2) is 0 Å². The molecule has 23 heteroatoms. The van der Waals surface area contributed by atoms with E-state index in [1.165, 1.54) is 21.9 Å². The molecule has 0 spiro atoms. The molecule has 8 N–H and O–H groups in total. The Morgan fingerprint density at radius 3 is 2.27 bits per heavy atom. The molecular weight excluding hydrogens is 627 g/mol. The van der Waals surface area contributed by atoms with E-state index in [-0.39, 0.29) is 17.3 Å². The molecule has 1 aliphatic rings. The van der Waals surface area contributed by atoms with E-state index in [0.717, 1.165) is 30.6 Å². The Morgan fingerprint density at radius 2 is 1.83 bits per heavy atom. The van der Waals surface area contributed by atoms with Gasteiger partial charge in [-0.2, -0.15) is 13.2 Å². The maximum absolute atomic E-state index is 12.4. The molecule has 1 amide bonds. The molecule has 2 heterocycles. The zero-order chi connectivity index (χ0) is 31.5. The Morgan fingerprint density at radius 1 is 1.22 bits per heavy atom. The van der Waals surface area contributed by atoms with Gasteiger partial charge in [-0.15, -0.1) is 28.6 Å². The van der Waals surface area contributed by atoms with Gasteiger partial charge < -0.3 is 36.2 Å². The highest BCUT2D eigenvalue weighted by atomic mass is 32.2. The van der Waals surface area contributed by atoms with Gasteiger partial charge in [0.05, 0.1) is 5.75 Å². The number of carbonyl (C=O) groups excluding carboxylic acids is 1. The van der Waals surface area contributed by atoms with Crippen molar-refractivity contribution in [1.29, 1.82) is 0 Å². The molecule has 1 aromatic heterocycles. The van der Waals surface area contributed by atoms with Crippen molar-refractivity contribution in [3.8, 4) is 0 Å². The van der Waals surface area contributed by atoms with Crippen molar-refractivity contribution in [3.05, 3.63) is 11.0 Å². The lowest BCUT2D eigenvalue weighted by Crippen LogP contribution is -2.68. The van der Waals surface area contributed by atoms with Crippen molar-refractivity contribution < 1.29 is 62.3 Å². The summed E-state index contributed by atoms with van der Waals surface area (Å²) in [5.74, 6) is -7.72. The van der Waals surface area contributed by atoms with Crippen molar-refractivity contribution >= 4 is 65.1 Å². The number of nitrogens with zero attached hydrogens (tertiary/aromatic N) is 4. The smallest absolute Gasteiger partial charge is 0.480 e. The lowest BCUT2D eigenvalue weighted by atomic mass is 10.1. The number of amides is 1. The predicted molar refractivity (Wildman–Crippen MR) is 136 cm³/mol. The van der Waals surface area contributed by atoms with E-state index < -0.39 is 59.1 Å². The molecule has 41 heavy (non-hydrogen) atoms. The molecule has 1 aromatic rings. The molecule has 0 bridgehead atoms. The first-order valence-electron chi connectivity index (χ1n) is 10.6. The Hall–Kier alpha value is -3.12. The van der Waals surface area contributed by atoms with Crippen LogP contribution in [0.25, 0.3) is 0 Å². The van der Waals surface area contributed by atoms with E-state index in [0.29, 0.717) is 10.7 Å². The van der Waals surface area contributed by atoms with E-state index in [2.05, 4.69) is 26.2 Å². The van der Waals surface area contributed by atoms with Gasteiger partial charge in [0.2, 0.25) is 11.1 Å². The zero-order valence-corrected chi connectivity index (χ0v) is 23.3. The van der Waals surface area contributed by atoms with Gasteiger partial charge in [-0.3, -0.25) is 19.7 Å². The number of methoxy groups -OCH3 is 1. The van der Waals surface area contributed by atoms with Crippen LogP contribution < -0.4 is 16.4 Å². The molecule has 4 atom stereocenters. The highest BCUT2D eigenvalue weighted by Crippen LogP contribution is 2.33. The number of alkyl halides is 3. The summed E-state index contributed by atoms with van der Waals surface area (Å²) in [7, 11) is 2.70. The number of aryl methyl sites for hydroxylation is 1. The number of carboxylic acid groups (broad SMARTS) is 4. The monoisotopic (exact) mass is 651 g/mol. The second-order valence-electron chi connectivity index (χ2n) is 7.58. The van der Waals surface area contributed by atoms with Gasteiger partial charge in [0, 0.05) is 25.7 Å². The largest absolute Gasteiger partial charge is 0.490 e. The summed E-state index contributed by atoms with van der Waals surface area (Å²) in [6.07, 6.45) is -5.08. The van der Waals surface area contributed by atoms with Crippen LogP contribution in [0.1, 0.15) is 0 Å². The Labute approximate surface area is 240 Å². The summed E-state index contributed by atoms with van der Waals surface area (Å²) < 4.78 is 38.3. The van der Waals surface area contributed by atoms with Crippen LogP contribution in [0.2, 0.25) is 0 Å². The van der Waals surface area contributed by atoms with Crippen molar-refractivity contribution in [2.24, 2.45) is 12.8 Å². The third-order valence-corrected chi connectivity index (χ3v) is 7.99. The molecule has 0 saturated carbocycles. The Balaban J connectivity index is 0.00000106. The topological polar surface area (TPSA) is 269 Å².